The highest BCUT2D eigenvalue weighted by Crippen LogP contribution is 2.15. The molecule has 1 aromatic carbocycles. The maximum atomic E-state index is 12.5. The SMILES string of the molecule is Cn1c(=O)c2c(nc(NN)n2C/C=C/c2ccccc2)n(C)c1=O. The molecule has 2 heterocycles. The van der Waals surface area contributed by atoms with Crippen LogP contribution in [0.3, 0.4) is 0 Å². The Bertz CT molecular complexity index is 1030. The summed E-state index contributed by atoms with van der Waals surface area (Å²) in [7, 11) is 3.01. The largest absolute Gasteiger partial charge is 0.332 e. The zero-order valence-electron chi connectivity index (χ0n) is 13.4. The molecule has 0 unspecified atom stereocenters. The Kier molecular flexibility index (Phi) is 4.05. The van der Waals surface area contributed by atoms with Gasteiger partial charge in [-0.1, -0.05) is 42.5 Å². The Hall–Kier alpha value is -3.13. The van der Waals surface area contributed by atoms with E-state index in [1.165, 1.54) is 11.6 Å². The van der Waals surface area contributed by atoms with Crippen LogP contribution in [0.2, 0.25) is 0 Å². The van der Waals surface area contributed by atoms with Gasteiger partial charge in [-0.15, -0.1) is 0 Å². The lowest BCUT2D eigenvalue weighted by Gasteiger charge is -2.06. The van der Waals surface area contributed by atoms with Crippen LogP contribution in [0.25, 0.3) is 17.2 Å². The number of rotatable bonds is 4. The van der Waals surface area contributed by atoms with Crippen molar-refractivity contribution in [2.75, 3.05) is 5.43 Å². The van der Waals surface area contributed by atoms with Crippen molar-refractivity contribution >= 4 is 23.2 Å². The lowest BCUT2D eigenvalue weighted by Crippen LogP contribution is -2.37. The Morgan fingerprint density at radius 1 is 1.17 bits per heavy atom. The van der Waals surface area contributed by atoms with E-state index >= 15 is 0 Å². The normalized spacial score (nSPS) is 11.5. The van der Waals surface area contributed by atoms with Crippen molar-refractivity contribution in [3.05, 3.63) is 62.8 Å². The second-order valence-electron chi connectivity index (χ2n) is 5.38. The number of nitrogens with one attached hydrogen (secondary N) is 1. The van der Waals surface area contributed by atoms with Crippen molar-refractivity contribution in [2.45, 2.75) is 6.54 Å². The number of aromatic nitrogens is 4. The van der Waals surface area contributed by atoms with E-state index in [1.807, 2.05) is 42.5 Å². The molecule has 8 heteroatoms. The molecule has 0 aliphatic heterocycles. The summed E-state index contributed by atoms with van der Waals surface area (Å²) in [4.78, 5) is 28.8. The number of hydrogen-bond donors (Lipinski definition) is 2. The molecule has 24 heavy (non-hydrogen) atoms. The summed E-state index contributed by atoms with van der Waals surface area (Å²) in [5.74, 6) is 5.84. The average molecular weight is 326 g/mol. The first-order valence-corrected chi connectivity index (χ1v) is 7.39. The summed E-state index contributed by atoms with van der Waals surface area (Å²) in [6.45, 7) is 0.387. The monoisotopic (exact) mass is 326 g/mol. The van der Waals surface area contributed by atoms with Crippen molar-refractivity contribution in [1.29, 1.82) is 0 Å². The van der Waals surface area contributed by atoms with Crippen molar-refractivity contribution in [1.82, 2.24) is 18.7 Å². The van der Waals surface area contributed by atoms with E-state index in [-0.39, 0.29) is 0 Å². The molecule has 3 N–H and O–H groups in total. The molecule has 0 radical (unpaired) electrons. The molecular weight excluding hydrogens is 308 g/mol. The molecule has 124 valence electrons. The molecule has 0 aliphatic rings. The maximum absolute atomic E-state index is 12.5. The minimum absolute atomic E-state index is 0.296. The van der Waals surface area contributed by atoms with Crippen LogP contribution < -0.4 is 22.5 Å². The van der Waals surface area contributed by atoms with Crippen LogP contribution in [-0.2, 0) is 20.6 Å². The fourth-order valence-corrected chi connectivity index (χ4v) is 2.59. The Balaban J connectivity index is 2.12. The Morgan fingerprint density at radius 3 is 2.54 bits per heavy atom. The number of anilines is 1. The van der Waals surface area contributed by atoms with Crippen LogP contribution in [0.15, 0.2) is 46.0 Å². The number of nitrogens with two attached hydrogens (primary N) is 1. The predicted octanol–water partition coefficient (Wildman–Crippen LogP) is 0.433. The van der Waals surface area contributed by atoms with Gasteiger partial charge in [-0.3, -0.25) is 23.9 Å². The van der Waals surface area contributed by atoms with E-state index in [9.17, 15) is 9.59 Å². The van der Waals surface area contributed by atoms with E-state index in [0.717, 1.165) is 10.1 Å². The number of nitrogens with zero attached hydrogens (tertiary/aromatic N) is 4. The second kappa shape index (κ2) is 6.17. The molecular formula is C16H18N6O2. The fourth-order valence-electron chi connectivity index (χ4n) is 2.59. The number of hydrazine groups is 1. The summed E-state index contributed by atoms with van der Waals surface area (Å²) in [5.41, 5.74) is 3.31. The molecule has 0 saturated carbocycles. The zero-order chi connectivity index (χ0) is 17.3. The smallest absolute Gasteiger partial charge is 0.299 e. The highest BCUT2D eigenvalue weighted by Gasteiger charge is 2.17. The molecule has 0 bridgehead atoms. The van der Waals surface area contributed by atoms with Gasteiger partial charge in [0.1, 0.15) is 0 Å². The number of aryl methyl sites for hydroxylation is 1. The number of imidazole rings is 1. The van der Waals surface area contributed by atoms with Gasteiger partial charge in [0.2, 0.25) is 5.95 Å². The minimum Gasteiger partial charge on any atom is -0.299 e. The molecule has 3 aromatic rings. The summed E-state index contributed by atoms with van der Waals surface area (Å²) >= 11 is 0. The van der Waals surface area contributed by atoms with Crippen molar-refractivity contribution in [2.24, 2.45) is 19.9 Å². The van der Waals surface area contributed by atoms with Crippen LogP contribution in [0.5, 0.6) is 0 Å². The second-order valence-corrected chi connectivity index (χ2v) is 5.38. The van der Waals surface area contributed by atoms with Gasteiger partial charge in [0, 0.05) is 20.6 Å². The van der Waals surface area contributed by atoms with Crippen molar-refractivity contribution in [3.63, 3.8) is 0 Å². The molecule has 0 aliphatic carbocycles. The topological polar surface area (TPSA) is 99.9 Å². The first-order valence-electron chi connectivity index (χ1n) is 7.39. The number of fused-ring (bicyclic) bond motifs is 1. The maximum Gasteiger partial charge on any atom is 0.332 e. The number of hydrogen-bond acceptors (Lipinski definition) is 5. The van der Waals surface area contributed by atoms with Gasteiger partial charge in [-0.2, -0.15) is 4.98 Å². The summed E-state index contributed by atoms with van der Waals surface area (Å²) in [5, 5.41) is 0. The number of benzene rings is 1. The third kappa shape index (κ3) is 2.52. The van der Waals surface area contributed by atoms with Crippen LogP contribution >= 0.6 is 0 Å². The van der Waals surface area contributed by atoms with Crippen molar-refractivity contribution in [3.8, 4) is 0 Å². The Labute approximate surface area is 137 Å². The quantitative estimate of drug-likeness (QED) is 0.535. The summed E-state index contributed by atoms with van der Waals surface area (Å²) in [6.07, 6.45) is 3.85. The highest BCUT2D eigenvalue weighted by molar-refractivity contribution is 5.74. The molecule has 8 nitrogen and oxygen atoms in total. The predicted molar refractivity (Wildman–Crippen MR) is 93.5 cm³/mol. The lowest BCUT2D eigenvalue weighted by molar-refractivity contribution is 0.703. The van der Waals surface area contributed by atoms with Crippen LogP contribution in [0, 0.1) is 0 Å². The van der Waals surface area contributed by atoms with Gasteiger partial charge >= 0.3 is 5.69 Å². The highest BCUT2D eigenvalue weighted by atomic mass is 16.2. The van der Waals surface area contributed by atoms with Crippen LogP contribution in [0.1, 0.15) is 5.56 Å². The first kappa shape index (κ1) is 15.8. The van der Waals surface area contributed by atoms with Gasteiger partial charge < -0.3 is 0 Å². The standard InChI is InChI=1S/C16H18N6O2/c1-20-13-12(14(23)21(2)16(20)24)22(15(18-13)19-17)10-6-9-11-7-4-3-5-8-11/h3-9H,10,17H2,1-2H3,(H,18,19)/b9-6+. The van der Waals surface area contributed by atoms with Gasteiger partial charge in [0.15, 0.2) is 11.2 Å². The van der Waals surface area contributed by atoms with Crippen molar-refractivity contribution < 1.29 is 0 Å². The van der Waals surface area contributed by atoms with E-state index in [2.05, 4.69) is 10.4 Å². The molecule has 0 amide bonds. The van der Waals surface area contributed by atoms with E-state index in [1.54, 1.807) is 11.6 Å². The molecule has 3 rings (SSSR count). The van der Waals surface area contributed by atoms with E-state index < -0.39 is 11.2 Å². The average Bonchev–Trinajstić information content (AvgIpc) is 2.98. The third-order valence-corrected chi connectivity index (χ3v) is 3.87. The minimum atomic E-state index is -0.430. The number of allylic oxidation sites excluding steroid dienone is 1. The molecule has 0 atom stereocenters. The molecule has 0 saturated heterocycles. The lowest BCUT2D eigenvalue weighted by atomic mass is 10.2. The Morgan fingerprint density at radius 2 is 1.88 bits per heavy atom. The van der Waals surface area contributed by atoms with Crippen LogP contribution in [-0.4, -0.2) is 18.7 Å². The van der Waals surface area contributed by atoms with E-state index in [4.69, 9.17) is 5.84 Å². The summed E-state index contributed by atoms with van der Waals surface area (Å²) in [6, 6.07) is 9.80. The zero-order valence-corrected chi connectivity index (χ0v) is 13.4. The molecule has 2 aromatic heterocycles. The van der Waals surface area contributed by atoms with Crippen LogP contribution in [0.4, 0.5) is 5.95 Å². The third-order valence-electron chi connectivity index (χ3n) is 3.87. The van der Waals surface area contributed by atoms with Gasteiger partial charge in [0.05, 0.1) is 0 Å². The van der Waals surface area contributed by atoms with E-state index in [0.29, 0.717) is 23.7 Å². The van der Waals surface area contributed by atoms with Gasteiger partial charge in [-0.05, 0) is 5.56 Å². The van der Waals surface area contributed by atoms with Gasteiger partial charge in [0.25, 0.3) is 5.56 Å². The first-order chi connectivity index (χ1) is 11.5. The number of nitrogen functional groups attached to an aromatic ring is 1. The van der Waals surface area contributed by atoms with Gasteiger partial charge in [-0.25, -0.2) is 10.6 Å². The molecule has 0 spiro atoms. The fraction of sp³-hybridized carbons (Fsp3) is 0.188. The molecule has 0 fully saturated rings. The summed E-state index contributed by atoms with van der Waals surface area (Å²) < 4.78 is 4.03.